The van der Waals surface area contributed by atoms with Crippen molar-refractivity contribution in [1.82, 2.24) is 20.4 Å². The molecular formula is C20H33N5O. The molecule has 0 spiro atoms. The first kappa shape index (κ1) is 20.1. The van der Waals surface area contributed by atoms with Gasteiger partial charge in [0.05, 0.1) is 18.5 Å². The minimum absolute atomic E-state index is 0.558. The second-order valence-electron chi connectivity index (χ2n) is 6.90. The van der Waals surface area contributed by atoms with Crippen molar-refractivity contribution in [3.05, 3.63) is 41.1 Å². The molecule has 144 valence electrons. The van der Waals surface area contributed by atoms with Gasteiger partial charge in [0, 0.05) is 37.8 Å². The number of rotatable bonds is 9. The van der Waals surface area contributed by atoms with Crippen LogP contribution in [0.25, 0.3) is 0 Å². The zero-order valence-electron chi connectivity index (χ0n) is 16.8. The van der Waals surface area contributed by atoms with E-state index < -0.39 is 0 Å². The van der Waals surface area contributed by atoms with Crippen molar-refractivity contribution in [2.24, 2.45) is 18.0 Å². The van der Waals surface area contributed by atoms with Gasteiger partial charge in [-0.15, -0.1) is 0 Å². The summed E-state index contributed by atoms with van der Waals surface area (Å²) in [5, 5.41) is 11.5. The van der Waals surface area contributed by atoms with Gasteiger partial charge in [-0.2, -0.15) is 5.10 Å². The predicted molar refractivity (Wildman–Crippen MR) is 106 cm³/mol. The molecule has 2 aromatic heterocycles. The fraction of sp³-hybridized carbons (Fsp3) is 0.600. The number of nitrogens with zero attached hydrogens (tertiary/aromatic N) is 3. The number of hydrogen-bond acceptors (Lipinski definition) is 3. The number of aromatic nitrogens is 2. The quantitative estimate of drug-likeness (QED) is 0.533. The average Bonchev–Trinajstić information content (AvgIpc) is 3.23. The van der Waals surface area contributed by atoms with Crippen LogP contribution in [-0.2, 0) is 32.9 Å². The van der Waals surface area contributed by atoms with Gasteiger partial charge < -0.3 is 15.1 Å². The number of aryl methyl sites for hydroxylation is 2. The molecule has 6 nitrogen and oxygen atoms in total. The van der Waals surface area contributed by atoms with Crippen LogP contribution in [0.1, 0.15) is 50.4 Å². The molecule has 6 heteroatoms. The molecule has 0 aromatic carbocycles. The van der Waals surface area contributed by atoms with Crippen LogP contribution in [0.4, 0.5) is 0 Å². The molecule has 0 saturated heterocycles. The SMILES string of the molecule is CCc1nn(C)c(CC)c1CN=C(NCCc1ccco1)NCC(C)C. The van der Waals surface area contributed by atoms with E-state index >= 15 is 0 Å². The van der Waals surface area contributed by atoms with Crippen molar-refractivity contribution in [3.63, 3.8) is 0 Å². The molecule has 26 heavy (non-hydrogen) atoms. The van der Waals surface area contributed by atoms with E-state index in [4.69, 9.17) is 9.41 Å². The van der Waals surface area contributed by atoms with E-state index in [-0.39, 0.29) is 0 Å². The lowest BCUT2D eigenvalue weighted by Crippen LogP contribution is -2.40. The Balaban J connectivity index is 2.06. The molecule has 0 atom stereocenters. The molecule has 2 aromatic rings. The minimum atomic E-state index is 0.558. The van der Waals surface area contributed by atoms with Crippen LogP contribution in [0.2, 0.25) is 0 Å². The molecule has 2 rings (SSSR count). The third-order valence-electron chi connectivity index (χ3n) is 4.34. The second-order valence-corrected chi connectivity index (χ2v) is 6.90. The van der Waals surface area contributed by atoms with Crippen LogP contribution >= 0.6 is 0 Å². The summed E-state index contributed by atoms with van der Waals surface area (Å²) in [6, 6.07) is 3.92. The zero-order chi connectivity index (χ0) is 18.9. The number of hydrogen-bond donors (Lipinski definition) is 2. The summed E-state index contributed by atoms with van der Waals surface area (Å²) >= 11 is 0. The predicted octanol–water partition coefficient (Wildman–Crippen LogP) is 3.07. The van der Waals surface area contributed by atoms with Gasteiger partial charge in [0.25, 0.3) is 0 Å². The Hall–Kier alpha value is -2.24. The van der Waals surface area contributed by atoms with Crippen molar-refractivity contribution in [1.29, 1.82) is 0 Å². The molecular weight excluding hydrogens is 326 g/mol. The third kappa shape index (κ3) is 5.64. The smallest absolute Gasteiger partial charge is 0.191 e. The van der Waals surface area contributed by atoms with Gasteiger partial charge in [-0.3, -0.25) is 4.68 Å². The lowest BCUT2D eigenvalue weighted by molar-refractivity contribution is 0.506. The summed E-state index contributed by atoms with van der Waals surface area (Å²) in [5.41, 5.74) is 3.67. The summed E-state index contributed by atoms with van der Waals surface area (Å²) in [7, 11) is 2.02. The van der Waals surface area contributed by atoms with Crippen LogP contribution in [0, 0.1) is 5.92 Å². The zero-order valence-corrected chi connectivity index (χ0v) is 16.8. The molecule has 0 unspecified atom stereocenters. The van der Waals surface area contributed by atoms with E-state index in [2.05, 4.69) is 43.4 Å². The van der Waals surface area contributed by atoms with Gasteiger partial charge in [0.15, 0.2) is 5.96 Å². The highest BCUT2D eigenvalue weighted by atomic mass is 16.3. The fourth-order valence-electron chi connectivity index (χ4n) is 2.96. The van der Waals surface area contributed by atoms with E-state index in [0.717, 1.165) is 49.8 Å². The molecule has 0 amide bonds. The van der Waals surface area contributed by atoms with E-state index in [0.29, 0.717) is 12.5 Å². The molecule has 0 radical (unpaired) electrons. The van der Waals surface area contributed by atoms with Crippen molar-refractivity contribution >= 4 is 5.96 Å². The first-order valence-corrected chi connectivity index (χ1v) is 9.63. The van der Waals surface area contributed by atoms with Crippen LogP contribution in [0.3, 0.4) is 0 Å². The van der Waals surface area contributed by atoms with Crippen LogP contribution < -0.4 is 10.6 Å². The summed E-state index contributed by atoms with van der Waals surface area (Å²) in [6.07, 6.45) is 4.44. The monoisotopic (exact) mass is 359 g/mol. The highest BCUT2D eigenvalue weighted by Crippen LogP contribution is 2.16. The maximum atomic E-state index is 5.39. The van der Waals surface area contributed by atoms with Crippen LogP contribution in [-0.4, -0.2) is 28.8 Å². The molecule has 0 aliphatic carbocycles. The summed E-state index contributed by atoms with van der Waals surface area (Å²) in [6.45, 7) is 11.0. The van der Waals surface area contributed by atoms with Crippen molar-refractivity contribution in [2.75, 3.05) is 13.1 Å². The first-order valence-electron chi connectivity index (χ1n) is 9.63. The van der Waals surface area contributed by atoms with Crippen molar-refractivity contribution in [2.45, 2.75) is 53.5 Å². The second kappa shape index (κ2) is 10.0. The lowest BCUT2D eigenvalue weighted by atomic mass is 10.1. The maximum absolute atomic E-state index is 5.39. The van der Waals surface area contributed by atoms with Crippen molar-refractivity contribution in [3.8, 4) is 0 Å². The van der Waals surface area contributed by atoms with E-state index in [9.17, 15) is 0 Å². The van der Waals surface area contributed by atoms with Gasteiger partial charge in [0.2, 0.25) is 0 Å². The minimum Gasteiger partial charge on any atom is -0.469 e. The van der Waals surface area contributed by atoms with Gasteiger partial charge in [-0.1, -0.05) is 27.7 Å². The highest BCUT2D eigenvalue weighted by Gasteiger charge is 2.13. The molecule has 0 bridgehead atoms. The summed E-state index contributed by atoms with van der Waals surface area (Å²) < 4.78 is 7.39. The fourth-order valence-corrected chi connectivity index (χ4v) is 2.96. The standard InChI is InChI=1S/C20H33N5O/c1-6-18-17(19(7-2)25(5)24-18)14-23-20(22-13-15(3)4)21-11-10-16-9-8-12-26-16/h8-9,12,15H,6-7,10-11,13-14H2,1-5H3,(H2,21,22,23). The molecule has 0 aliphatic heterocycles. The Morgan fingerprint density at radius 2 is 2.08 bits per heavy atom. The maximum Gasteiger partial charge on any atom is 0.191 e. The van der Waals surface area contributed by atoms with Gasteiger partial charge >= 0.3 is 0 Å². The molecule has 2 N–H and O–H groups in total. The van der Waals surface area contributed by atoms with Gasteiger partial charge in [0.1, 0.15) is 5.76 Å². The van der Waals surface area contributed by atoms with Gasteiger partial charge in [-0.05, 0) is 30.9 Å². The number of aliphatic imine (C=N–C) groups is 1. The Labute approximate surface area is 157 Å². The average molecular weight is 360 g/mol. The van der Waals surface area contributed by atoms with Crippen LogP contribution in [0.15, 0.2) is 27.8 Å². The number of furan rings is 1. The summed E-state index contributed by atoms with van der Waals surface area (Å²) in [4.78, 5) is 4.83. The molecule has 0 aliphatic rings. The summed E-state index contributed by atoms with van der Waals surface area (Å²) in [5.74, 6) is 2.38. The number of guanidine groups is 1. The number of nitrogens with one attached hydrogen (secondary N) is 2. The molecule has 0 fully saturated rings. The normalized spacial score (nSPS) is 12.0. The highest BCUT2D eigenvalue weighted by molar-refractivity contribution is 5.79. The van der Waals surface area contributed by atoms with Gasteiger partial charge in [-0.25, -0.2) is 4.99 Å². The first-order chi connectivity index (χ1) is 12.5. The van der Waals surface area contributed by atoms with E-state index in [1.165, 1.54) is 11.3 Å². The van der Waals surface area contributed by atoms with E-state index in [1.807, 2.05) is 23.9 Å². The topological polar surface area (TPSA) is 67.4 Å². The third-order valence-corrected chi connectivity index (χ3v) is 4.34. The molecule has 2 heterocycles. The Morgan fingerprint density at radius 1 is 1.27 bits per heavy atom. The Morgan fingerprint density at radius 3 is 2.69 bits per heavy atom. The molecule has 0 saturated carbocycles. The lowest BCUT2D eigenvalue weighted by Gasteiger charge is -2.14. The van der Waals surface area contributed by atoms with E-state index in [1.54, 1.807) is 6.26 Å². The largest absolute Gasteiger partial charge is 0.469 e. The Kier molecular flexibility index (Phi) is 7.75. The van der Waals surface area contributed by atoms with Crippen molar-refractivity contribution < 1.29 is 4.42 Å². The Bertz CT molecular complexity index is 685. The van der Waals surface area contributed by atoms with Crippen LogP contribution in [0.5, 0.6) is 0 Å².